The van der Waals surface area contributed by atoms with Crippen LogP contribution in [0, 0.1) is 18.7 Å². The topological polar surface area (TPSA) is 58.1 Å². The van der Waals surface area contributed by atoms with Crippen molar-refractivity contribution in [3.05, 3.63) is 62.8 Å². The van der Waals surface area contributed by atoms with Crippen LogP contribution in [-0.2, 0) is 17.8 Å². The standard InChI is InChI=1S/C21H23FN4OS2/c1-14-24-17(13-28-14)12-26-8-6-15(7-9-26)20(27)25-21-23-11-18(29-21)10-16-4-2-3-5-19(16)22/h2-5,11,13,15H,6-10,12H2,1H3,(H,23,25,27). The minimum absolute atomic E-state index is 0.00216. The van der Waals surface area contributed by atoms with Gasteiger partial charge in [0.25, 0.3) is 0 Å². The molecular weight excluding hydrogens is 407 g/mol. The summed E-state index contributed by atoms with van der Waals surface area (Å²) in [4.78, 5) is 24.7. The molecule has 0 radical (unpaired) electrons. The molecule has 1 N–H and O–H groups in total. The molecule has 1 fully saturated rings. The lowest BCUT2D eigenvalue weighted by Crippen LogP contribution is -2.37. The molecule has 1 aromatic carbocycles. The van der Waals surface area contributed by atoms with E-state index in [1.165, 1.54) is 17.4 Å². The van der Waals surface area contributed by atoms with Gasteiger partial charge in [0.1, 0.15) is 5.82 Å². The third-order valence-corrected chi connectivity index (χ3v) is 6.85. The average Bonchev–Trinajstić information content (AvgIpc) is 3.33. The summed E-state index contributed by atoms with van der Waals surface area (Å²) in [6.45, 7) is 4.66. The van der Waals surface area contributed by atoms with E-state index in [0.29, 0.717) is 17.1 Å². The first-order chi connectivity index (χ1) is 14.1. The highest BCUT2D eigenvalue weighted by molar-refractivity contribution is 7.15. The van der Waals surface area contributed by atoms with Crippen LogP contribution in [0.15, 0.2) is 35.8 Å². The second-order valence-electron chi connectivity index (χ2n) is 7.30. The highest BCUT2D eigenvalue weighted by atomic mass is 32.1. The molecule has 0 unspecified atom stereocenters. The van der Waals surface area contributed by atoms with Crippen LogP contribution in [-0.4, -0.2) is 33.9 Å². The summed E-state index contributed by atoms with van der Waals surface area (Å²) in [5.41, 5.74) is 1.75. The molecule has 0 spiro atoms. The van der Waals surface area contributed by atoms with Gasteiger partial charge in [0.15, 0.2) is 5.13 Å². The number of carbonyl (C=O) groups is 1. The van der Waals surface area contributed by atoms with Crippen molar-refractivity contribution >= 4 is 33.7 Å². The second kappa shape index (κ2) is 9.11. The van der Waals surface area contributed by atoms with E-state index in [1.807, 2.05) is 13.0 Å². The van der Waals surface area contributed by atoms with Gasteiger partial charge in [-0.2, -0.15) is 0 Å². The Balaban J connectivity index is 1.27. The minimum Gasteiger partial charge on any atom is -0.302 e. The number of aryl methyl sites for hydroxylation is 1. The largest absolute Gasteiger partial charge is 0.302 e. The Kier molecular flexibility index (Phi) is 6.32. The third kappa shape index (κ3) is 5.26. The molecule has 0 aliphatic carbocycles. The highest BCUT2D eigenvalue weighted by Gasteiger charge is 2.26. The predicted molar refractivity (Wildman–Crippen MR) is 115 cm³/mol. The molecule has 4 rings (SSSR count). The first-order valence-electron chi connectivity index (χ1n) is 9.69. The van der Waals surface area contributed by atoms with Gasteiger partial charge in [-0.25, -0.2) is 14.4 Å². The number of anilines is 1. The number of amides is 1. The summed E-state index contributed by atoms with van der Waals surface area (Å²) < 4.78 is 13.8. The van der Waals surface area contributed by atoms with E-state index in [-0.39, 0.29) is 17.6 Å². The van der Waals surface area contributed by atoms with Gasteiger partial charge in [-0.05, 0) is 44.5 Å². The van der Waals surface area contributed by atoms with Crippen molar-refractivity contribution in [2.24, 2.45) is 5.92 Å². The van der Waals surface area contributed by atoms with E-state index >= 15 is 0 Å². The molecule has 29 heavy (non-hydrogen) atoms. The minimum atomic E-state index is -0.217. The van der Waals surface area contributed by atoms with E-state index < -0.39 is 0 Å². The van der Waals surface area contributed by atoms with Gasteiger partial charge in [-0.15, -0.1) is 22.7 Å². The van der Waals surface area contributed by atoms with E-state index in [0.717, 1.165) is 48.1 Å². The van der Waals surface area contributed by atoms with Gasteiger partial charge >= 0.3 is 0 Å². The van der Waals surface area contributed by atoms with E-state index in [4.69, 9.17) is 0 Å². The fraction of sp³-hybridized carbons (Fsp3) is 0.381. The number of benzene rings is 1. The van der Waals surface area contributed by atoms with Crippen molar-refractivity contribution in [3.8, 4) is 0 Å². The average molecular weight is 431 g/mol. The van der Waals surface area contributed by atoms with Crippen LogP contribution in [0.2, 0.25) is 0 Å². The van der Waals surface area contributed by atoms with Crippen LogP contribution in [0.4, 0.5) is 9.52 Å². The third-order valence-electron chi connectivity index (χ3n) is 5.12. The van der Waals surface area contributed by atoms with E-state index in [9.17, 15) is 9.18 Å². The Hall–Kier alpha value is -2.16. The fourth-order valence-corrected chi connectivity index (χ4v) is 4.99. The van der Waals surface area contributed by atoms with Crippen molar-refractivity contribution < 1.29 is 9.18 Å². The number of nitrogens with zero attached hydrogens (tertiary/aromatic N) is 3. The molecule has 0 bridgehead atoms. The molecule has 0 atom stereocenters. The number of aromatic nitrogens is 2. The summed E-state index contributed by atoms with van der Waals surface area (Å²) in [7, 11) is 0. The number of rotatable bonds is 6. The van der Waals surface area contributed by atoms with E-state index in [1.54, 1.807) is 29.7 Å². The zero-order chi connectivity index (χ0) is 20.2. The Bertz CT molecular complexity index is 978. The number of carbonyl (C=O) groups excluding carboxylic acids is 1. The first-order valence-corrected chi connectivity index (χ1v) is 11.4. The monoisotopic (exact) mass is 430 g/mol. The maximum absolute atomic E-state index is 13.8. The zero-order valence-electron chi connectivity index (χ0n) is 16.2. The van der Waals surface area contributed by atoms with Crippen molar-refractivity contribution in [1.82, 2.24) is 14.9 Å². The molecule has 3 aromatic rings. The van der Waals surface area contributed by atoms with Gasteiger partial charge < -0.3 is 5.32 Å². The molecule has 152 valence electrons. The molecular formula is C21H23FN4OS2. The van der Waals surface area contributed by atoms with Crippen LogP contribution >= 0.6 is 22.7 Å². The Morgan fingerprint density at radius 3 is 2.83 bits per heavy atom. The summed E-state index contributed by atoms with van der Waals surface area (Å²) in [5.74, 6) is -0.186. The number of thiazole rings is 2. The Labute approximate surface area is 177 Å². The van der Waals surface area contributed by atoms with Gasteiger partial charge in [-0.3, -0.25) is 9.69 Å². The van der Waals surface area contributed by atoms with Crippen LogP contribution in [0.3, 0.4) is 0 Å². The maximum Gasteiger partial charge on any atom is 0.229 e. The van der Waals surface area contributed by atoms with Crippen molar-refractivity contribution in [2.45, 2.75) is 32.7 Å². The maximum atomic E-state index is 13.8. The summed E-state index contributed by atoms with van der Waals surface area (Å²) in [5, 5.41) is 6.73. The van der Waals surface area contributed by atoms with Crippen LogP contribution in [0.5, 0.6) is 0 Å². The molecule has 1 aliphatic rings. The number of piperidine rings is 1. The predicted octanol–water partition coefficient (Wildman–Crippen LogP) is 4.49. The summed E-state index contributed by atoms with van der Waals surface area (Å²) in [6, 6.07) is 6.74. The lowest BCUT2D eigenvalue weighted by molar-refractivity contribution is -0.121. The number of nitrogens with one attached hydrogen (secondary N) is 1. The first kappa shape index (κ1) is 20.1. The molecule has 2 aromatic heterocycles. The Morgan fingerprint density at radius 1 is 1.31 bits per heavy atom. The number of hydrogen-bond acceptors (Lipinski definition) is 6. The SMILES string of the molecule is Cc1nc(CN2CCC(C(=O)Nc3ncc(Cc4ccccc4F)s3)CC2)cs1. The van der Waals surface area contributed by atoms with Gasteiger partial charge in [0.2, 0.25) is 5.91 Å². The smallest absolute Gasteiger partial charge is 0.229 e. The molecule has 8 heteroatoms. The van der Waals surface area contributed by atoms with Gasteiger partial charge in [0.05, 0.1) is 10.7 Å². The van der Waals surface area contributed by atoms with Crippen LogP contribution < -0.4 is 5.32 Å². The fourth-order valence-electron chi connectivity index (χ4n) is 3.55. The lowest BCUT2D eigenvalue weighted by Gasteiger charge is -2.30. The Morgan fingerprint density at radius 2 is 2.10 bits per heavy atom. The zero-order valence-corrected chi connectivity index (χ0v) is 17.9. The van der Waals surface area contributed by atoms with Crippen molar-refractivity contribution in [3.63, 3.8) is 0 Å². The van der Waals surface area contributed by atoms with Gasteiger partial charge in [0, 0.05) is 35.3 Å². The summed E-state index contributed by atoms with van der Waals surface area (Å²) >= 11 is 3.08. The number of likely N-dealkylation sites (tertiary alicyclic amines) is 1. The lowest BCUT2D eigenvalue weighted by atomic mass is 9.96. The quantitative estimate of drug-likeness (QED) is 0.626. The molecule has 3 heterocycles. The molecule has 5 nitrogen and oxygen atoms in total. The van der Waals surface area contributed by atoms with Crippen molar-refractivity contribution in [2.75, 3.05) is 18.4 Å². The normalized spacial score (nSPS) is 15.5. The van der Waals surface area contributed by atoms with Crippen molar-refractivity contribution in [1.29, 1.82) is 0 Å². The number of hydrogen-bond donors (Lipinski definition) is 1. The second-order valence-corrected chi connectivity index (χ2v) is 9.47. The molecule has 1 saturated heterocycles. The molecule has 1 aliphatic heterocycles. The molecule has 0 saturated carbocycles. The van der Waals surface area contributed by atoms with E-state index in [2.05, 4.69) is 25.6 Å². The molecule has 1 amide bonds. The summed E-state index contributed by atoms with van der Waals surface area (Å²) in [6.07, 6.45) is 3.87. The number of halogens is 1. The highest BCUT2D eigenvalue weighted by Crippen LogP contribution is 2.25. The van der Waals surface area contributed by atoms with Gasteiger partial charge in [-0.1, -0.05) is 18.2 Å². The van der Waals surface area contributed by atoms with Crippen LogP contribution in [0.1, 0.15) is 34.0 Å². The van der Waals surface area contributed by atoms with Crippen LogP contribution in [0.25, 0.3) is 0 Å².